The molecule has 1 amide bonds. The Hall–Kier alpha value is -1.60. The first kappa shape index (κ1) is 14.5. The van der Waals surface area contributed by atoms with Gasteiger partial charge in [0.1, 0.15) is 0 Å². The van der Waals surface area contributed by atoms with E-state index < -0.39 is 10.0 Å². The number of aryl methyl sites for hydroxylation is 1. The fourth-order valence-electron chi connectivity index (χ4n) is 1.18. The second-order valence-electron chi connectivity index (χ2n) is 4.13. The van der Waals surface area contributed by atoms with Gasteiger partial charge in [-0.2, -0.15) is 0 Å². The SMILES string of the molecule is Cc1ccc(S(=O)(=O)NCC(=O)N(C)C)cc1N. The molecule has 0 radical (unpaired) electrons. The highest BCUT2D eigenvalue weighted by Gasteiger charge is 2.16. The number of rotatable bonds is 4. The van der Waals surface area contributed by atoms with Crippen LogP contribution >= 0.6 is 0 Å². The van der Waals surface area contributed by atoms with Crippen LogP contribution in [0.3, 0.4) is 0 Å². The molecule has 0 heterocycles. The fraction of sp³-hybridized carbons (Fsp3) is 0.364. The summed E-state index contributed by atoms with van der Waals surface area (Å²) < 4.78 is 26.0. The summed E-state index contributed by atoms with van der Waals surface area (Å²) in [7, 11) is -0.594. The van der Waals surface area contributed by atoms with E-state index in [1.165, 1.54) is 17.0 Å². The zero-order chi connectivity index (χ0) is 13.9. The number of nitrogen functional groups attached to an aromatic ring is 1. The predicted octanol–water partition coefficient (Wildman–Crippen LogP) is -0.0563. The summed E-state index contributed by atoms with van der Waals surface area (Å²) in [5, 5.41) is 0. The van der Waals surface area contributed by atoms with Crippen molar-refractivity contribution in [1.82, 2.24) is 9.62 Å². The number of anilines is 1. The molecule has 0 aliphatic carbocycles. The Balaban J connectivity index is 2.87. The molecule has 0 aromatic heterocycles. The van der Waals surface area contributed by atoms with Crippen LogP contribution in [0.1, 0.15) is 5.56 Å². The first-order chi connectivity index (χ1) is 8.24. The van der Waals surface area contributed by atoms with Crippen LogP contribution in [0.4, 0.5) is 5.69 Å². The van der Waals surface area contributed by atoms with E-state index in [1.54, 1.807) is 27.1 Å². The van der Waals surface area contributed by atoms with Crippen molar-refractivity contribution in [3.05, 3.63) is 23.8 Å². The molecule has 0 fully saturated rings. The third-order valence-electron chi connectivity index (χ3n) is 2.47. The zero-order valence-electron chi connectivity index (χ0n) is 10.6. The third kappa shape index (κ3) is 3.44. The molecule has 0 aliphatic heterocycles. The lowest BCUT2D eigenvalue weighted by atomic mass is 10.2. The van der Waals surface area contributed by atoms with E-state index in [2.05, 4.69) is 4.72 Å². The minimum Gasteiger partial charge on any atom is -0.398 e. The number of sulfonamides is 1. The lowest BCUT2D eigenvalue weighted by Gasteiger charge is -2.12. The van der Waals surface area contributed by atoms with Gasteiger partial charge in [0, 0.05) is 19.8 Å². The normalized spacial score (nSPS) is 11.3. The second kappa shape index (κ2) is 5.36. The summed E-state index contributed by atoms with van der Waals surface area (Å²) in [6, 6.07) is 4.45. The molecule has 1 rings (SSSR count). The molecule has 0 unspecified atom stereocenters. The van der Waals surface area contributed by atoms with Crippen LogP contribution in [0.5, 0.6) is 0 Å². The van der Waals surface area contributed by atoms with Crippen molar-refractivity contribution in [1.29, 1.82) is 0 Å². The van der Waals surface area contributed by atoms with Crippen molar-refractivity contribution in [2.75, 3.05) is 26.4 Å². The highest BCUT2D eigenvalue weighted by molar-refractivity contribution is 7.89. The van der Waals surface area contributed by atoms with Crippen LogP contribution in [-0.2, 0) is 14.8 Å². The average molecular weight is 271 g/mol. The van der Waals surface area contributed by atoms with Gasteiger partial charge in [-0.25, -0.2) is 13.1 Å². The molecule has 0 bridgehead atoms. The molecule has 7 heteroatoms. The molecule has 3 N–H and O–H groups in total. The fourth-order valence-corrected chi connectivity index (χ4v) is 2.19. The molecule has 100 valence electrons. The van der Waals surface area contributed by atoms with Crippen LogP contribution < -0.4 is 10.5 Å². The molecule has 0 atom stereocenters. The Morgan fingerprint density at radius 3 is 2.50 bits per heavy atom. The summed E-state index contributed by atoms with van der Waals surface area (Å²) in [5.74, 6) is -0.321. The Labute approximate surface area is 107 Å². The number of carbonyl (C=O) groups excluding carboxylic acids is 1. The molecule has 0 saturated heterocycles. The minimum atomic E-state index is -3.71. The van der Waals surface area contributed by atoms with E-state index in [0.29, 0.717) is 5.69 Å². The third-order valence-corrected chi connectivity index (χ3v) is 3.87. The molecule has 1 aromatic carbocycles. The summed E-state index contributed by atoms with van der Waals surface area (Å²) >= 11 is 0. The van der Waals surface area contributed by atoms with E-state index in [9.17, 15) is 13.2 Å². The van der Waals surface area contributed by atoms with Crippen molar-refractivity contribution < 1.29 is 13.2 Å². The van der Waals surface area contributed by atoms with Crippen molar-refractivity contribution in [3.63, 3.8) is 0 Å². The van der Waals surface area contributed by atoms with Crippen LogP contribution in [0.2, 0.25) is 0 Å². The lowest BCUT2D eigenvalue weighted by molar-refractivity contribution is -0.127. The molecular weight excluding hydrogens is 254 g/mol. The van der Waals surface area contributed by atoms with Crippen molar-refractivity contribution in [3.8, 4) is 0 Å². The van der Waals surface area contributed by atoms with E-state index in [1.807, 2.05) is 0 Å². The topological polar surface area (TPSA) is 92.5 Å². The van der Waals surface area contributed by atoms with Crippen LogP contribution in [-0.4, -0.2) is 39.9 Å². The minimum absolute atomic E-state index is 0.0529. The summed E-state index contributed by atoms with van der Waals surface area (Å²) in [6.07, 6.45) is 0. The van der Waals surface area contributed by atoms with Crippen molar-refractivity contribution in [2.45, 2.75) is 11.8 Å². The van der Waals surface area contributed by atoms with Gasteiger partial charge in [-0.1, -0.05) is 6.07 Å². The Morgan fingerprint density at radius 1 is 1.39 bits per heavy atom. The molecule has 6 nitrogen and oxygen atoms in total. The molecule has 18 heavy (non-hydrogen) atoms. The monoisotopic (exact) mass is 271 g/mol. The highest BCUT2D eigenvalue weighted by Crippen LogP contribution is 2.16. The average Bonchev–Trinajstić information content (AvgIpc) is 2.29. The van der Waals surface area contributed by atoms with Crippen LogP contribution in [0.15, 0.2) is 23.1 Å². The maximum atomic E-state index is 11.9. The molecule has 0 spiro atoms. The van der Waals surface area contributed by atoms with Gasteiger partial charge in [-0.05, 0) is 24.6 Å². The molecule has 0 aliphatic rings. The van der Waals surface area contributed by atoms with Gasteiger partial charge >= 0.3 is 0 Å². The standard InChI is InChI=1S/C11H17N3O3S/c1-8-4-5-9(6-10(8)12)18(16,17)13-7-11(15)14(2)3/h4-6,13H,7,12H2,1-3H3. The Kier molecular flexibility index (Phi) is 4.31. The smallest absolute Gasteiger partial charge is 0.241 e. The Morgan fingerprint density at radius 2 is 2.00 bits per heavy atom. The summed E-state index contributed by atoms with van der Waals surface area (Å²) in [4.78, 5) is 12.7. The van der Waals surface area contributed by atoms with E-state index in [4.69, 9.17) is 5.73 Å². The van der Waals surface area contributed by atoms with Crippen molar-refractivity contribution in [2.24, 2.45) is 0 Å². The maximum absolute atomic E-state index is 11.9. The van der Waals surface area contributed by atoms with E-state index >= 15 is 0 Å². The number of nitrogens with zero attached hydrogens (tertiary/aromatic N) is 1. The van der Waals surface area contributed by atoms with Gasteiger partial charge in [-0.15, -0.1) is 0 Å². The maximum Gasteiger partial charge on any atom is 0.241 e. The second-order valence-corrected chi connectivity index (χ2v) is 5.90. The number of carbonyl (C=O) groups is 1. The summed E-state index contributed by atoms with van der Waals surface area (Å²) in [6.45, 7) is 1.51. The predicted molar refractivity (Wildman–Crippen MR) is 69.5 cm³/mol. The quantitative estimate of drug-likeness (QED) is 0.751. The highest BCUT2D eigenvalue weighted by atomic mass is 32.2. The van der Waals surface area contributed by atoms with Gasteiger partial charge < -0.3 is 10.6 Å². The van der Waals surface area contributed by atoms with Crippen LogP contribution in [0.25, 0.3) is 0 Å². The first-order valence-electron chi connectivity index (χ1n) is 5.30. The number of hydrogen-bond donors (Lipinski definition) is 2. The van der Waals surface area contributed by atoms with Crippen LogP contribution in [0, 0.1) is 6.92 Å². The zero-order valence-corrected chi connectivity index (χ0v) is 11.4. The number of nitrogens with two attached hydrogens (primary N) is 1. The number of benzene rings is 1. The van der Waals surface area contributed by atoms with Gasteiger partial charge in [0.25, 0.3) is 0 Å². The van der Waals surface area contributed by atoms with Gasteiger partial charge in [0.05, 0.1) is 11.4 Å². The van der Waals surface area contributed by atoms with Crippen molar-refractivity contribution >= 4 is 21.6 Å². The summed E-state index contributed by atoms with van der Waals surface area (Å²) in [5.41, 5.74) is 6.86. The Bertz CT molecular complexity index is 553. The van der Waals surface area contributed by atoms with Gasteiger partial charge in [-0.3, -0.25) is 4.79 Å². The number of hydrogen-bond acceptors (Lipinski definition) is 4. The number of nitrogens with one attached hydrogen (secondary N) is 1. The van der Waals surface area contributed by atoms with E-state index in [-0.39, 0.29) is 17.3 Å². The largest absolute Gasteiger partial charge is 0.398 e. The molecular formula is C11H17N3O3S. The number of amides is 1. The lowest BCUT2D eigenvalue weighted by Crippen LogP contribution is -2.36. The first-order valence-corrected chi connectivity index (χ1v) is 6.78. The molecule has 1 aromatic rings. The molecule has 0 saturated carbocycles. The van der Waals surface area contributed by atoms with Gasteiger partial charge in [0.2, 0.25) is 15.9 Å². The van der Waals surface area contributed by atoms with E-state index in [0.717, 1.165) is 5.56 Å². The number of likely N-dealkylation sites (N-methyl/N-ethyl adjacent to an activating group) is 1. The van der Waals surface area contributed by atoms with Gasteiger partial charge in [0.15, 0.2) is 0 Å².